The van der Waals surface area contributed by atoms with Crippen molar-refractivity contribution in [1.82, 2.24) is 9.88 Å². The number of pyridine rings is 1. The Hall–Kier alpha value is -2.36. The van der Waals surface area contributed by atoms with Gasteiger partial charge < -0.3 is 10.2 Å². The number of carbonyl (C=O) groups is 1. The summed E-state index contributed by atoms with van der Waals surface area (Å²) in [4.78, 5) is 18.5. The second-order valence-corrected chi connectivity index (χ2v) is 5.69. The quantitative estimate of drug-likeness (QED) is 0.943. The summed E-state index contributed by atoms with van der Waals surface area (Å²) in [6.07, 6.45) is 6.48. The van der Waals surface area contributed by atoms with Crippen LogP contribution in [0.4, 0.5) is 5.69 Å². The van der Waals surface area contributed by atoms with E-state index in [9.17, 15) is 4.79 Å². The van der Waals surface area contributed by atoms with Crippen molar-refractivity contribution in [3.63, 3.8) is 0 Å². The zero-order valence-corrected chi connectivity index (χ0v) is 12.9. The molecular weight excluding hydrogens is 274 g/mol. The fourth-order valence-electron chi connectivity index (χ4n) is 2.86. The number of carbonyl (C=O) groups excluding carboxylic acids is 1. The van der Waals surface area contributed by atoms with Crippen LogP contribution in [0.2, 0.25) is 0 Å². The molecule has 0 saturated carbocycles. The smallest absolute Gasteiger partial charge is 0.253 e. The lowest BCUT2D eigenvalue weighted by atomic mass is 9.97. The van der Waals surface area contributed by atoms with Gasteiger partial charge >= 0.3 is 0 Å². The molecule has 4 nitrogen and oxygen atoms in total. The summed E-state index contributed by atoms with van der Waals surface area (Å²) in [7, 11) is 1.87. The highest BCUT2D eigenvalue weighted by Gasteiger charge is 2.19. The Kier molecular flexibility index (Phi) is 4.37. The van der Waals surface area contributed by atoms with E-state index in [0.29, 0.717) is 6.54 Å². The molecule has 1 aromatic carbocycles. The van der Waals surface area contributed by atoms with Crippen molar-refractivity contribution in [2.75, 3.05) is 25.5 Å². The van der Waals surface area contributed by atoms with Crippen LogP contribution in [-0.4, -0.2) is 35.9 Å². The number of amides is 1. The van der Waals surface area contributed by atoms with E-state index in [1.54, 1.807) is 12.4 Å². The van der Waals surface area contributed by atoms with Crippen LogP contribution in [-0.2, 0) is 12.8 Å². The van der Waals surface area contributed by atoms with Gasteiger partial charge in [-0.2, -0.15) is 0 Å². The van der Waals surface area contributed by atoms with Crippen molar-refractivity contribution in [2.45, 2.75) is 19.3 Å². The Morgan fingerprint density at radius 1 is 1.27 bits per heavy atom. The number of nitrogens with one attached hydrogen (secondary N) is 1. The summed E-state index contributed by atoms with van der Waals surface area (Å²) >= 11 is 0. The Balaban J connectivity index is 1.71. The maximum atomic E-state index is 12.7. The number of fused-ring (bicyclic) bond motifs is 1. The standard InChI is InChI=1S/C18H21N3O/c1-21(13-9-14-7-11-19-12-8-14)18(22)16-4-2-6-17-15(16)5-3-10-20-17/h2,4,6-8,11-12,20H,3,5,9-10,13H2,1H3. The number of hydrogen-bond donors (Lipinski definition) is 1. The van der Waals surface area contributed by atoms with E-state index in [1.807, 2.05) is 36.2 Å². The molecule has 0 unspecified atom stereocenters. The first-order valence-electron chi connectivity index (χ1n) is 7.76. The molecule has 22 heavy (non-hydrogen) atoms. The normalized spacial score (nSPS) is 13.1. The molecular formula is C18H21N3O. The topological polar surface area (TPSA) is 45.2 Å². The van der Waals surface area contributed by atoms with Gasteiger partial charge in [0.2, 0.25) is 0 Å². The first-order chi connectivity index (χ1) is 10.8. The summed E-state index contributed by atoms with van der Waals surface area (Å²) in [6, 6.07) is 9.94. The molecule has 0 aliphatic carbocycles. The molecule has 0 fully saturated rings. The average molecular weight is 295 g/mol. The first-order valence-corrected chi connectivity index (χ1v) is 7.76. The average Bonchev–Trinajstić information content (AvgIpc) is 2.59. The molecule has 1 aliphatic rings. The van der Waals surface area contributed by atoms with E-state index in [0.717, 1.165) is 42.6 Å². The third kappa shape index (κ3) is 3.11. The van der Waals surface area contributed by atoms with Gasteiger partial charge in [-0.15, -0.1) is 0 Å². The fourth-order valence-corrected chi connectivity index (χ4v) is 2.86. The van der Waals surface area contributed by atoms with Crippen LogP contribution in [0.15, 0.2) is 42.7 Å². The van der Waals surface area contributed by atoms with E-state index in [1.165, 1.54) is 5.56 Å². The minimum absolute atomic E-state index is 0.106. The highest BCUT2D eigenvalue weighted by molar-refractivity contribution is 5.97. The molecule has 1 aliphatic heterocycles. The summed E-state index contributed by atoms with van der Waals surface area (Å²) in [5.41, 5.74) is 4.31. The van der Waals surface area contributed by atoms with Crippen molar-refractivity contribution in [1.29, 1.82) is 0 Å². The molecule has 1 N–H and O–H groups in total. The van der Waals surface area contributed by atoms with E-state index in [2.05, 4.69) is 16.4 Å². The second-order valence-electron chi connectivity index (χ2n) is 5.69. The molecule has 4 heteroatoms. The Labute approximate surface area is 131 Å². The van der Waals surface area contributed by atoms with Gasteiger partial charge in [-0.3, -0.25) is 9.78 Å². The second kappa shape index (κ2) is 6.60. The molecule has 1 amide bonds. The van der Waals surface area contributed by atoms with Crippen molar-refractivity contribution in [3.05, 3.63) is 59.4 Å². The molecule has 3 rings (SSSR count). The minimum Gasteiger partial charge on any atom is -0.385 e. The lowest BCUT2D eigenvalue weighted by molar-refractivity contribution is 0.0795. The van der Waals surface area contributed by atoms with E-state index < -0.39 is 0 Å². The molecule has 0 saturated heterocycles. The summed E-state index contributed by atoms with van der Waals surface area (Å²) in [5, 5.41) is 3.38. The van der Waals surface area contributed by atoms with Crippen LogP contribution in [0.3, 0.4) is 0 Å². The van der Waals surface area contributed by atoms with Crippen LogP contribution >= 0.6 is 0 Å². The van der Waals surface area contributed by atoms with E-state index >= 15 is 0 Å². The van der Waals surface area contributed by atoms with Gasteiger partial charge in [0.25, 0.3) is 5.91 Å². The number of nitrogens with zero attached hydrogens (tertiary/aromatic N) is 2. The minimum atomic E-state index is 0.106. The molecule has 0 spiro atoms. The molecule has 0 atom stereocenters. The summed E-state index contributed by atoms with van der Waals surface area (Å²) in [6.45, 7) is 1.70. The van der Waals surface area contributed by atoms with E-state index in [4.69, 9.17) is 0 Å². The lowest BCUT2D eigenvalue weighted by Gasteiger charge is -2.23. The third-order valence-electron chi connectivity index (χ3n) is 4.16. The summed E-state index contributed by atoms with van der Waals surface area (Å²) < 4.78 is 0. The number of hydrogen-bond acceptors (Lipinski definition) is 3. The molecule has 0 bridgehead atoms. The van der Waals surface area contributed by atoms with Gasteiger partial charge in [0.05, 0.1) is 0 Å². The van der Waals surface area contributed by atoms with Crippen molar-refractivity contribution >= 4 is 11.6 Å². The van der Waals surface area contributed by atoms with Crippen molar-refractivity contribution < 1.29 is 4.79 Å². The number of likely N-dealkylation sites (N-methyl/N-ethyl adjacent to an activating group) is 1. The van der Waals surface area contributed by atoms with Crippen LogP contribution in [0.5, 0.6) is 0 Å². The van der Waals surface area contributed by atoms with Gasteiger partial charge in [0.1, 0.15) is 0 Å². The summed E-state index contributed by atoms with van der Waals surface area (Å²) in [5.74, 6) is 0.106. The lowest BCUT2D eigenvalue weighted by Crippen LogP contribution is -2.30. The van der Waals surface area contributed by atoms with Crippen LogP contribution in [0, 0.1) is 0 Å². The number of aromatic nitrogens is 1. The SMILES string of the molecule is CN(CCc1ccncc1)C(=O)c1cccc2c1CCCN2. The fraction of sp³-hybridized carbons (Fsp3) is 0.333. The van der Waals surface area contributed by atoms with Crippen molar-refractivity contribution in [3.8, 4) is 0 Å². The van der Waals surface area contributed by atoms with Gasteiger partial charge in [-0.25, -0.2) is 0 Å². The molecule has 1 aromatic heterocycles. The molecule has 0 radical (unpaired) electrons. The Morgan fingerprint density at radius 3 is 2.91 bits per heavy atom. The Morgan fingerprint density at radius 2 is 2.09 bits per heavy atom. The predicted molar refractivity (Wildman–Crippen MR) is 88.2 cm³/mol. The zero-order chi connectivity index (χ0) is 15.4. The monoisotopic (exact) mass is 295 g/mol. The molecule has 2 aromatic rings. The number of rotatable bonds is 4. The largest absolute Gasteiger partial charge is 0.385 e. The highest BCUT2D eigenvalue weighted by Crippen LogP contribution is 2.26. The number of benzene rings is 1. The number of anilines is 1. The maximum Gasteiger partial charge on any atom is 0.253 e. The molecule has 2 heterocycles. The highest BCUT2D eigenvalue weighted by atomic mass is 16.2. The van der Waals surface area contributed by atoms with Crippen LogP contribution in [0.1, 0.15) is 27.9 Å². The maximum absolute atomic E-state index is 12.7. The van der Waals surface area contributed by atoms with Crippen LogP contribution < -0.4 is 5.32 Å². The van der Waals surface area contributed by atoms with Gasteiger partial charge in [0.15, 0.2) is 0 Å². The molecule has 114 valence electrons. The first kappa shape index (κ1) is 14.6. The van der Waals surface area contributed by atoms with Gasteiger partial charge in [0, 0.05) is 43.8 Å². The van der Waals surface area contributed by atoms with Crippen LogP contribution in [0.25, 0.3) is 0 Å². The predicted octanol–water partition coefficient (Wildman–Crippen LogP) is 2.75. The van der Waals surface area contributed by atoms with Gasteiger partial charge in [-0.1, -0.05) is 6.07 Å². The zero-order valence-electron chi connectivity index (χ0n) is 12.9. The third-order valence-corrected chi connectivity index (χ3v) is 4.16. The van der Waals surface area contributed by atoms with Gasteiger partial charge in [-0.05, 0) is 54.7 Å². The van der Waals surface area contributed by atoms with Crippen molar-refractivity contribution in [2.24, 2.45) is 0 Å². The van der Waals surface area contributed by atoms with E-state index in [-0.39, 0.29) is 5.91 Å². The Bertz CT molecular complexity index is 655.